The zero-order chi connectivity index (χ0) is 15.9. The molecule has 22 heavy (non-hydrogen) atoms. The maximum absolute atomic E-state index is 12.7. The molecule has 1 amide bonds. The highest BCUT2D eigenvalue weighted by atomic mass is 32.1. The topological polar surface area (TPSA) is 50.8 Å². The fourth-order valence-corrected chi connectivity index (χ4v) is 3.56. The Kier molecular flexibility index (Phi) is 3.70. The van der Waals surface area contributed by atoms with Crippen LogP contribution < -0.4 is 14.8 Å². The number of amides is 1. The summed E-state index contributed by atoms with van der Waals surface area (Å²) in [7, 11) is 4.95. The van der Waals surface area contributed by atoms with Gasteiger partial charge < -0.3 is 19.7 Å². The van der Waals surface area contributed by atoms with Crippen molar-refractivity contribution >= 4 is 22.9 Å². The van der Waals surface area contributed by atoms with Crippen LogP contribution in [0.1, 0.15) is 26.3 Å². The summed E-state index contributed by atoms with van der Waals surface area (Å²) in [6.07, 6.45) is -0.170. The first-order chi connectivity index (χ1) is 10.5. The minimum Gasteiger partial charge on any atom is -0.493 e. The molecule has 1 aliphatic heterocycles. The summed E-state index contributed by atoms with van der Waals surface area (Å²) >= 11 is 1.68. The van der Waals surface area contributed by atoms with Crippen LogP contribution in [0.25, 0.3) is 0 Å². The van der Waals surface area contributed by atoms with Gasteiger partial charge in [0.25, 0.3) is 5.91 Å². The van der Waals surface area contributed by atoms with E-state index < -0.39 is 0 Å². The molecule has 5 nitrogen and oxygen atoms in total. The fraction of sp³-hybridized carbons (Fsp3) is 0.312. The number of fused-ring (bicyclic) bond motifs is 1. The number of ether oxygens (including phenoxy) is 2. The van der Waals surface area contributed by atoms with Gasteiger partial charge in [-0.15, -0.1) is 11.3 Å². The molecule has 0 saturated heterocycles. The van der Waals surface area contributed by atoms with Crippen LogP contribution in [0.5, 0.6) is 11.5 Å². The number of rotatable bonds is 3. The van der Waals surface area contributed by atoms with E-state index in [2.05, 4.69) is 18.3 Å². The molecule has 2 heterocycles. The Bertz CT molecular complexity index is 726. The molecule has 1 aliphatic rings. The van der Waals surface area contributed by atoms with Crippen LogP contribution in [-0.2, 0) is 0 Å². The SMILES string of the molecule is COc1cc2c(cc1OC)C(=O)N(C)C(c1ccc(C)s1)N2. The molecule has 2 aromatic rings. The number of benzene rings is 1. The van der Waals surface area contributed by atoms with Gasteiger partial charge in [0.15, 0.2) is 11.5 Å². The summed E-state index contributed by atoms with van der Waals surface area (Å²) in [5.41, 5.74) is 1.35. The van der Waals surface area contributed by atoms with E-state index >= 15 is 0 Å². The highest BCUT2D eigenvalue weighted by Gasteiger charge is 2.32. The maximum Gasteiger partial charge on any atom is 0.257 e. The first-order valence-corrected chi connectivity index (χ1v) is 7.73. The van der Waals surface area contributed by atoms with Crippen LogP contribution in [-0.4, -0.2) is 32.1 Å². The van der Waals surface area contributed by atoms with Gasteiger partial charge in [-0.3, -0.25) is 4.79 Å². The molecule has 1 atom stereocenters. The third kappa shape index (κ3) is 2.29. The molecular formula is C16H18N2O3S. The standard InChI is InChI=1S/C16H18N2O3S/c1-9-5-6-14(22-9)15-17-11-8-13(21-4)12(20-3)7-10(11)16(19)18(15)2/h5-8,15,17H,1-4H3. The van der Waals surface area contributed by atoms with E-state index in [1.807, 2.05) is 12.1 Å². The number of methoxy groups -OCH3 is 2. The smallest absolute Gasteiger partial charge is 0.257 e. The van der Waals surface area contributed by atoms with E-state index in [4.69, 9.17) is 9.47 Å². The Morgan fingerprint density at radius 3 is 2.45 bits per heavy atom. The molecule has 0 fully saturated rings. The number of thiophene rings is 1. The van der Waals surface area contributed by atoms with Crippen LogP contribution in [0.2, 0.25) is 0 Å². The first kappa shape index (κ1) is 14.7. The minimum absolute atomic E-state index is 0.0363. The molecule has 0 spiro atoms. The van der Waals surface area contributed by atoms with E-state index in [1.54, 1.807) is 43.6 Å². The van der Waals surface area contributed by atoms with E-state index in [1.165, 1.54) is 4.88 Å². The normalized spacial score (nSPS) is 17.0. The average molecular weight is 318 g/mol. The molecule has 6 heteroatoms. The zero-order valence-corrected chi connectivity index (χ0v) is 13.8. The van der Waals surface area contributed by atoms with E-state index in [9.17, 15) is 4.79 Å². The summed E-state index contributed by atoms with van der Waals surface area (Å²) in [5.74, 6) is 1.12. The molecular weight excluding hydrogens is 300 g/mol. The first-order valence-electron chi connectivity index (χ1n) is 6.91. The lowest BCUT2D eigenvalue weighted by Gasteiger charge is -2.35. The van der Waals surface area contributed by atoms with Crippen LogP contribution in [0.15, 0.2) is 24.3 Å². The number of aryl methyl sites for hydroxylation is 1. The highest BCUT2D eigenvalue weighted by molar-refractivity contribution is 7.12. The van der Waals surface area contributed by atoms with Gasteiger partial charge >= 0.3 is 0 Å². The Morgan fingerprint density at radius 2 is 1.86 bits per heavy atom. The van der Waals surface area contributed by atoms with E-state index in [0.29, 0.717) is 17.1 Å². The third-order valence-electron chi connectivity index (χ3n) is 3.78. The minimum atomic E-state index is -0.170. The van der Waals surface area contributed by atoms with Gasteiger partial charge in [0.2, 0.25) is 0 Å². The Labute approximate surface area is 133 Å². The van der Waals surface area contributed by atoms with Crippen molar-refractivity contribution in [3.63, 3.8) is 0 Å². The van der Waals surface area contributed by atoms with Gasteiger partial charge in [-0.2, -0.15) is 0 Å². The molecule has 0 aliphatic carbocycles. The molecule has 1 unspecified atom stereocenters. The number of anilines is 1. The number of hydrogen-bond acceptors (Lipinski definition) is 5. The highest BCUT2D eigenvalue weighted by Crippen LogP contribution is 2.40. The van der Waals surface area contributed by atoms with Crippen molar-refractivity contribution in [2.45, 2.75) is 13.1 Å². The quantitative estimate of drug-likeness (QED) is 0.943. The van der Waals surface area contributed by atoms with Crippen LogP contribution in [0, 0.1) is 6.92 Å². The van der Waals surface area contributed by atoms with Crippen molar-refractivity contribution in [3.8, 4) is 11.5 Å². The van der Waals surface area contributed by atoms with Gasteiger partial charge in [0.05, 0.1) is 25.5 Å². The van der Waals surface area contributed by atoms with Crippen molar-refractivity contribution < 1.29 is 14.3 Å². The van der Waals surface area contributed by atoms with Crippen molar-refractivity contribution in [1.29, 1.82) is 0 Å². The lowest BCUT2D eigenvalue weighted by atomic mass is 10.1. The van der Waals surface area contributed by atoms with E-state index in [0.717, 1.165) is 10.6 Å². The number of hydrogen-bond donors (Lipinski definition) is 1. The number of carbonyl (C=O) groups is 1. The summed E-state index contributed by atoms with van der Waals surface area (Å²) in [6, 6.07) is 7.64. The summed E-state index contributed by atoms with van der Waals surface area (Å²) in [6.45, 7) is 2.06. The average Bonchev–Trinajstić information content (AvgIpc) is 2.95. The monoisotopic (exact) mass is 318 g/mol. The molecule has 0 radical (unpaired) electrons. The molecule has 0 saturated carbocycles. The van der Waals surface area contributed by atoms with Crippen molar-refractivity contribution in [1.82, 2.24) is 4.90 Å². The predicted molar refractivity (Wildman–Crippen MR) is 87.1 cm³/mol. The second-order valence-corrected chi connectivity index (χ2v) is 6.48. The van der Waals surface area contributed by atoms with Crippen LogP contribution in [0.3, 0.4) is 0 Å². The van der Waals surface area contributed by atoms with Crippen LogP contribution in [0.4, 0.5) is 5.69 Å². The molecule has 116 valence electrons. The summed E-state index contributed by atoms with van der Waals surface area (Å²) in [4.78, 5) is 16.7. The Balaban J connectivity index is 2.05. The van der Waals surface area contributed by atoms with Crippen LogP contribution >= 0.6 is 11.3 Å². The fourth-order valence-electron chi connectivity index (χ4n) is 2.59. The van der Waals surface area contributed by atoms with Gasteiger partial charge in [-0.1, -0.05) is 0 Å². The number of carbonyl (C=O) groups excluding carboxylic acids is 1. The zero-order valence-electron chi connectivity index (χ0n) is 13.0. The van der Waals surface area contributed by atoms with Gasteiger partial charge in [0, 0.05) is 22.9 Å². The van der Waals surface area contributed by atoms with Crippen molar-refractivity contribution in [2.24, 2.45) is 0 Å². The number of nitrogens with one attached hydrogen (secondary N) is 1. The Morgan fingerprint density at radius 1 is 1.18 bits per heavy atom. The number of nitrogens with zero attached hydrogens (tertiary/aromatic N) is 1. The molecule has 0 bridgehead atoms. The van der Waals surface area contributed by atoms with Crippen molar-refractivity contribution in [2.75, 3.05) is 26.6 Å². The maximum atomic E-state index is 12.7. The predicted octanol–water partition coefficient (Wildman–Crippen LogP) is 3.27. The molecule has 1 N–H and O–H groups in total. The van der Waals surface area contributed by atoms with Crippen molar-refractivity contribution in [3.05, 3.63) is 39.6 Å². The lowest BCUT2D eigenvalue weighted by Crippen LogP contribution is -2.39. The molecule has 1 aromatic carbocycles. The Hall–Kier alpha value is -2.21. The molecule has 1 aromatic heterocycles. The van der Waals surface area contributed by atoms with E-state index in [-0.39, 0.29) is 12.1 Å². The van der Waals surface area contributed by atoms with Gasteiger partial charge in [-0.05, 0) is 25.1 Å². The second kappa shape index (κ2) is 5.53. The molecule has 3 rings (SSSR count). The summed E-state index contributed by atoms with van der Waals surface area (Å²) < 4.78 is 10.6. The largest absolute Gasteiger partial charge is 0.493 e. The summed E-state index contributed by atoms with van der Waals surface area (Å²) in [5, 5.41) is 3.41. The lowest BCUT2D eigenvalue weighted by molar-refractivity contribution is 0.0737. The van der Waals surface area contributed by atoms with Gasteiger partial charge in [-0.25, -0.2) is 0 Å². The third-order valence-corrected chi connectivity index (χ3v) is 4.84. The second-order valence-electron chi connectivity index (χ2n) is 5.16. The van der Waals surface area contributed by atoms with Gasteiger partial charge in [0.1, 0.15) is 6.17 Å².